The fourth-order valence-corrected chi connectivity index (χ4v) is 2.98. The largest absolute Gasteiger partial charge is 0.469 e. The molecule has 6 heteroatoms. The van der Waals surface area contributed by atoms with Gasteiger partial charge in [0.05, 0.1) is 29.3 Å². The van der Waals surface area contributed by atoms with E-state index in [2.05, 4.69) is 9.73 Å². The summed E-state index contributed by atoms with van der Waals surface area (Å²) in [5, 5.41) is 2.91. The van der Waals surface area contributed by atoms with Crippen LogP contribution in [0.4, 0.5) is 5.69 Å². The normalized spacial score (nSPS) is 16.6. The Kier molecular flexibility index (Phi) is 4.91. The zero-order chi connectivity index (χ0) is 13.8. The maximum Gasteiger partial charge on any atom is 0.310 e. The first-order valence-corrected chi connectivity index (χ1v) is 7.31. The van der Waals surface area contributed by atoms with Crippen LogP contribution in [0.2, 0.25) is 10.0 Å². The van der Waals surface area contributed by atoms with Gasteiger partial charge in [0, 0.05) is 5.75 Å². The minimum absolute atomic E-state index is 0.213. The average Bonchev–Trinajstić information content (AvgIpc) is 2.81. The van der Waals surface area contributed by atoms with Gasteiger partial charge in [-0.15, -0.1) is 11.8 Å². The molecule has 0 saturated carbocycles. The summed E-state index contributed by atoms with van der Waals surface area (Å²) in [5.74, 6) is 0.417. The van der Waals surface area contributed by atoms with E-state index in [1.807, 2.05) is 5.41 Å². The average molecular weight is 316 g/mol. The number of rotatable bonds is 3. The van der Waals surface area contributed by atoms with E-state index < -0.39 is 0 Å². The lowest BCUT2D eigenvalue weighted by atomic mass is 10.1. The lowest BCUT2D eigenvalue weighted by molar-refractivity contribution is -0.139. The van der Waals surface area contributed by atoms with Gasteiger partial charge in [-0.3, -0.25) is 4.79 Å². The second-order valence-electron chi connectivity index (χ2n) is 3.84. The summed E-state index contributed by atoms with van der Waals surface area (Å²) in [5.41, 5.74) is 2.21. The number of hydrogen-bond donors (Lipinski definition) is 0. The fraction of sp³-hybridized carbons (Fsp3) is 0.231. The Balaban J connectivity index is 2.28. The molecule has 0 radical (unpaired) electrons. The SMILES string of the molecule is COC(=O)CC1=CSCC1=Nc1c(Cl)cccc1Cl. The first kappa shape index (κ1) is 14.4. The third kappa shape index (κ3) is 3.53. The van der Waals surface area contributed by atoms with Crippen molar-refractivity contribution in [2.45, 2.75) is 6.42 Å². The summed E-state index contributed by atoms with van der Waals surface area (Å²) < 4.78 is 4.66. The third-order valence-electron chi connectivity index (χ3n) is 2.56. The highest BCUT2D eigenvalue weighted by Gasteiger charge is 2.18. The summed E-state index contributed by atoms with van der Waals surface area (Å²) >= 11 is 13.7. The number of carbonyl (C=O) groups is 1. The van der Waals surface area contributed by atoms with Gasteiger partial charge in [0.2, 0.25) is 0 Å². The minimum Gasteiger partial charge on any atom is -0.469 e. The number of benzene rings is 1. The van der Waals surface area contributed by atoms with Crippen LogP contribution in [0.5, 0.6) is 0 Å². The van der Waals surface area contributed by atoms with Crippen molar-refractivity contribution in [1.29, 1.82) is 0 Å². The number of ether oxygens (including phenoxy) is 1. The summed E-state index contributed by atoms with van der Waals surface area (Å²) in [6, 6.07) is 5.24. The molecule has 0 aliphatic carbocycles. The summed E-state index contributed by atoms with van der Waals surface area (Å²) in [4.78, 5) is 15.8. The topological polar surface area (TPSA) is 38.7 Å². The molecule has 1 heterocycles. The van der Waals surface area contributed by atoms with Crippen molar-refractivity contribution in [3.8, 4) is 0 Å². The molecule has 1 aliphatic rings. The molecule has 0 aromatic heterocycles. The Bertz CT molecular complexity index is 550. The van der Waals surface area contributed by atoms with E-state index in [-0.39, 0.29) is 12.4 Å². The maximum absolute atomic E-state index is 11.3. The van der Waals surface area contributed by atoms with Crippen molar-refractivity contribution < 1.29 is 9.53 Å². The minimum atomic E-state index is -0.285. The molecular formula is C13H11Cl2NO2S. The molecule has 0 saturated heterocycles. The number of nitrogens with zero attached hydrogens (tertiary/aromatic N) is 1. The van der Waals surface area contributed by atoms with E-state index in [0.29, 0.717) is 21.5 Å². The fourth-order valence-electron chi connectivity index (χ4n) is 1.59. The molecule has 0 atom stereocenters. The van der Waals surface area contributed by atoms with Crippen LogP contribution in [-0.2, 0) is 9.53 Å². The van der Waals surface area contributed by atoms with Gasteiger partial charge in [-0.1, -0.05) is 29.3 Å². The number of thioether (sulfide) groups is 1. The van der Waals surface area contributed by atoms with Crippen LogP contribution < -0.4 is 0 Å². The second-order valence-corrected chi connectivity index (χ2v) is 5.51. The summed E-state index contributed by atoms with van der Waals surface area (Å²) in [7, 11) is 1.37. The number of carbonyl (C=O) groups excluding carboxylic acids is 1. The predicted molar refractivity (Wildman–Crippen MR) is 80.7 cm³/mol. The lowest BCUT2D eigenvalue weighted by Crippen LogP contribution is -2.08. The number of methoxy groups -OCH3 is 1. The van der Waals surface area contributed by atoms with Gasteiger partial charge in [0.1, 0.15) is 5.69 Å². The predicted octanol–water partition coefficient (Wildman–Crippen LogP) is 4.26. The van der Waals surface area contributed by atoms with Crippen LogP contribution in [0.1, 0.15) is 6.42 Å². The van der Waals surface area contributed by atoms with E-state index >= 15 is 0 Å². The quantitative estimate of drug-likeness (QED) is 0.782. The molecule has 0 fully saturated rings. The van der Waals surface area contributed by atoms with Gasteiger partial charge >= 0.3 is 5.97 Å². The molecule has 0 N–H and O–H groups in total. The zero-order valence-electron chi connectivity index (χ0n) is 10.2. The number of para-hydroxylation sites is 1. The Hall–Kier alpha value is -0.970. The second kappa shape index (κ2) is 6.46. The monoisotopic (exact) mass is 315 g/mol. The molecule has 0 spiro atoms. The Morgan fingerprint density at radius 2 is 2.11 bits per heavy atom. The molecule has 0 bridgehead atoms. The van der Waals surface area contributed by atoms with Crippen LogP contribution in [0.25, 0.3) is 0 Å². The van der Waals surface area contributed by atoms with Crippen LogP contribution in [0.15, 0.2) is 34.2 Å². The zero-order valence-corrected chi connectivity index (χ0v) is 12.5. The van der Waals surface area contributed by atoms with Gasteiger partial charge in [-0.25, -0.2) is 4.99 Å². The van der Waals surface area contributed by atoms with Crippen molar-refractivity contribution >= 4 is 52.3 Å². The Morgan fingerprint density at radius 3 is 2.74 bits per heavy atom. The van der Waals surface area contributed by atoms with E-state index in [1.165, 1.54) is 7.11 Å². The molecule has 3 nitrogen and oxygen atoms in total. The third-order valence-corrected chi connectivity index (χ3v) is 4.06. The standard InChI is InChI=1S/C13H11Cl2NO2S/c1-18-12(17)5-8-6-19-7-11(8)16-13-9(14)3-2-4-10(13)15/h2-4,6H,5,7H2,1H3. The Morgan fingerprint density at radius 1 is 1.42 bits per heavy atom. The molecule has 1 aromatic carbocycles. The molecule has 0 unspecified atom stereocenters. The van der Waals surface area contributed by atoms with Gasteiger partial charge in [0.25, 0.3) is 0 Å². The summed E-state index contributed by atoms with van der Waals surface area (Å²) in [6.07, 6.45) is 0.213. The molecule has 2 rings (SSSR count). The number of halogens is 2. The van der Waals surface area contributed by atoms with Gasteiger partial charge in [0.15, 0.2) is 0 Å². The first-order valence-electron chi connectivity index (χ1n) is 5.51. The van der Waals surface area contributed by atoms with Crippen LogP contribution in [0.3, 0.4) is 0 Å². The van der Waals surface area contributed by atoms with E-state index in [4.69, 9.17) is 23.2 Å². The summed E-state index contributed by atoms with van der Waals surface area (Å²) in [6.45, 7) is 0. The van der Waals surface area contributed by atoms with Crippen LogP contribution in [-0.4, -0.2) is 24.5 Å². The maximum atomic E-state index is 11.3. The molecule has 19 heavy (non-hydrogen) atoms. The number of esters is 1. The van der Waals surface area contributed by atoms with Crippen molar-refractivity contribution in [3.63, 3.8) is 0 Å². The smallest absolute Gasteiger partial charge is 0.310 e. The Labute approximate surface area is 125 Å². The highest BCUT2D eigenvalue weighted by Crippen LogP contribution is 2.35. The number of aliphatic imine (C=N–C) groups is 1. The first-order chi connectivity index (χ1) is 9.11. The molecular weight excluding hydrogens is 305 g/mol. The number of hydrogen-bond acceptors (Lipinski definition) is 4. The van der Waals surface area contributed by atoms with Crippen LogP contribution >= 0.6 is 35.0 Å². The molecule has 0 amide bonds. The van der Waals surface area contributed by atoms with E-state index in [9.17, 15) is 4.79 Å². The van der Waals surface area contributed by atoms with Crippen LogP contribution in [0, 0.1) is 0 Å². The highest BCUT2D eigenvalue weighted by atomic mass is 35.5. The molecule has 100 valence electrons. The van der Waals surface area contributed by atoms with Gasteiger partial charge in [-0.05, 0) is 23.1 Å². The van der Waals surface area contributed by atoms with Crippen molar-refractivity contribution in [3.05, 3.63) is 39.2 Å². The lowest BCUT2D eigenvalue weighted by Gasteiger charge is -2.06. The van der Waals surface area contributed by atoms with Gasteiger partial charge < -0.3 is 4.74 Å². The van der Waals surface area contributed by atoms with Crippen molar-refractivity contribution in [1.82, 2.24) is 0 Å². The molecule has 1 aliphatic heterocycles. The molecule has 1 aromatic rings. The van der Waals surface area contributed by atoms with Crippen molar-refractivity contribution in [2.75, 3.05) is 12.9 Å². The van der Waals surface area contributed by atoms with E-state index in [0.717, 1.165) is 11.3 Å². The van der Waals surface area contributed by atoms with Crippen molar-refractivity contribution in [2.24, 2.45) is 4.99 Å². The van der Waals surface area contributed by atoms with E-state index in [1.54, 1.807) is 30.0 Å². The van der Waals surface area contributed by atoms with Gasteiger partial charge in [-0.2, -0.15) is 0 Å². The highest BCUT2D eigenvalue weighted by molar-refractivity contribution is 8.03.